The Balaban J connectivity index is 0.874. The molecule has 4 aromatic heterocycles. The molecule has 1 aliphatic carbocycles. The van der Waals surface area contributed by atoms with Gasteiger partial charge in [-0.15, -0.1) is 22.7 Å². The van der Waals surface area contributed by atoms with Gasteiger partial charge in [0.25, 0.3) is 11.8 Å². The second kappa shape index (κ2) is 13.2. The van der Waals surface area contributed by atoms with E-state index in [9.17, 15) is 27.2 Å². The number of hydrogen-bond donors (Lipinski definition) is 0. The van der Waals surface area contributed by atoms with Crippen molar-refractivity contribution in [3.05, 3.63) is 69.2 Å². The molecule has 3 aliphatic rings. The number of Topliss-reactive ketones (excluding diaryl/α,β-unsaturated/α-hetero) is 2. The quantitative estimate of drug-likeness (QED) is 0.182. The van der Waals surface area contributed by atoms with Crippen LogP contribution >= 0.6 is 22.7 Å². The zero-order valence-corrected chi connectivity index (χ0v) is 27.5. The van der Waals surface area contributed by atoms with Crippen molar-refractivity contribution in [2.24, 2.45) is 0 Å². The molecular weight excluding hydrogens is 669 g/mol. The van der Waals surface area contributed by atoms with Gasteiger partial charge in [0.1, 0.15) is 11.6 Å². The molecule has 252 valence electrons. The summed E-state index contributed by atoms with van der Waals surface area (Å²) >= 11 is 2.53. The van der Waals surface area contributed by atoms with Crippen molar-refractivity contribution >= 4 is 44.5 Å². The maximum Gasteiger partial charge on any atom is 0.282 e. The Hall–Kier alpha value is -3.92. The number of aromatic nitrogens is 6. The number of halogens is 4. The average molecular weight is 701 g/mol. The fourth-order valence-electron chi connectivity index (χ4n) is 6.36. The third-order valence-corrected chi connectivity index (χ3v) is 10.7. The third kappa shape index (κ3) is 7.69. The van der Waals surface area contributed by atoms with Crippen LogP contribution < -0.4 is 9.80 Å². The molecule has 16 heteroatoms. The lowest BCUT2D eigenvalue weighted by atomic mass is 9.78. The van der Waals surface area contributed by atoms with Gasteiger partial charge in [-0.25, -0.2) is 27.5 Å². The zero-order chi connectivity index (χ0) is 33.5. The van der Waals surface area contributed by atoms with Gasteiger partial charge in [-0.1, -0.05) is 6.42 Å². The van der Waals surface area contributed by atoms with E-state index < -0.39 is 11.8 Å². The molecule has 2 atom stereocenters. The molecule has 0 radical (unpaired) electrons. The number of alkyl halides is 4. The van der Waals surface area contributed by atoms with Gasteiger partial charge in [0.05, 0.1) is 86.0 Å². The van der Waals surface area contributed by atoms with Gasteiger partial charge >= 0.3 is 0 Å². The van der Waals surface area contributed by atoms with Crippen LogP contribution in [-0.4, -0.2) is 80.0 Å². The fraction of sp³-hybridized carbons (Fsp3) is 0.500. The summed E-state index contributed by atoms with van der Waals surface area (Å²) in [5.41, 5.74) is 4.02. The van der Waals surface area contributed by atoms with E-state index in [1.54, 1.807) is 10.8 Å². The van der Waals surface area contributed by atoms with E-state index in [4.69, 9.17) is 0 Å². The van der Waals surface area contributed by atoms with E-state index in [0.29, 0.717) is 33.0 Å². The van der Waals surface area contributed by atoms with Gasteiger partial charge in [0.15, 0.2) is 10.3 Å². The number of nitrogens with zero attached hydrogens (tertiary/aromatic N) is 8. The molecule has 0 N–H and O–H groups in total. The highest BCUT2D eigenvalue weighted by atomic mass is 32.1. The van der Waals surface area contributed by atoms with Gasteiger partial charge < -0.3 is 9.80 Å². The molecule has 2 aliphatic heterocycles. The van der Waals surface area contributed by atoms with Crippen molar-refractivity contribution in [1.29, 1.82) is 0 Å². The minimum absolute atomic E-state index is 0.0709. The summed E-state index contributed by atoms with van der Waals surface area (Å²) in [7, 11) is 0. The summed E-state index contributed by atoms with van der Waals surface area (Å²) in [5.74, 6) is -5.10. The number of carbonyl (C=O) groups excluding carboxylic acids is 2. The van der Waals surface area contributed by atoms with Crippen LogP contribution in [0.1, 0.15) is 71.7 Å². The first-order valence-electron chi connectivity index (χ1n) is 15.8. The highest BCUT2D eigenvalue weighted by Crippen LogP contribution is 2.40. The van der Waals surface area contributed by atoms with Crippen LogP contribution in [-0.2, 0) is 35.3 Å². The molecule has 0 unspecified atom stereocenters. The molecule has 0 amide bonds. The van der Waals surface area contributed by atoms with E-state index in [2.05, 4.69) is 30.4 Å². The molecule has 1 saturated carbocycles. The summed E-state index contributed by atoms with van der Waals surface area (Å²) in [6, 6.07) is 7.52. The van der Waals surface area contributed by atoms with E-state index >= 15 is 0 Å². The first-order chi connectivity index (χ1) is 23.0. The maximum atomic E-state index is 13.2. The average Bonchev–Trinajstić information content (AvgIpc) is 3.69. The van der Waals surface area contributed by atoms with Crippen molar-refractivity contribution in [3.8, 4) is 0 Å². The van der Waals surface area contributed by atoms with Crippen molar-refractivity contribution in [2.45, 2.75) is 75.0 Å². The Bertz CT molecular complexity index is 1640. The Morgan fingerprint density at radius 1 is 0.646 bits per heavy atom. The number of thiazole rings is 2. The number of anilines is 2. The van der Waals surface area contributed by atoms with Crippen molar-refractivity contribution < 1.29 is 27.2 Å². The summed E-state index contributed by atoms with van der Waals surface area (Å²) < 4.78 is 52.6. The highest BCUT2D eigenvalue weighted by molar-refractivity contribution is 7.14. The summed E-state index contributed by atoms with van der Waals surface area (Å²) in [5, 5.41) is 22.0. The molecule has 0 aromatic carbocycles. The number of ketones is 2. The predicted molar refractivity (Wildman–Crippen MR) is 171 cm³/mol. The Morgan fingerprint density at radius 3 is 1.44 bits per heavy atom. The van der Waals surface area contributed by atoms with Crippen LogP contribution in [0.2, 0.25) is 0 Å². The SMILES string of the molecule is O=C(Cc1ccc([C@H]2CCC[C@H](c3ccc(CC(=O)Cc4csc(N5CC(F)(F)C5)n4)nn3)C2)nn1)Cc1csc(N2CC(F)(F)C2)n1. The monoisotopic (exact) mass is 700 g/mol. The minimum Gasteiger partial charge on any atom is -0.336 e. The maximum absolute atomic E-state index is 13.2. The van der Waals surface area contributed by atoms with Gasteiger partial charge in [0, 0.05) is 22.6 Å². The first kappa shape index (κ1) is 32.6. The normalized spacial score (nSPS) is 21.4. The standard InChI is InChI=1S/C32H32F4N8O2S2/c33-31(34)15-43(16-31)29-37-23(13-47-29)11-25(45)9-21-4-6-27(41-39-21)19-2-1-3-20(8-19)28-7-5-22(40-42-28)10-26(46)12-24-14-48-30(38-24)44-17-32(35,36)18-44/h4-7,13-14,19-20H,1-3,8-12,15-18H2/t19-,20-/m0/s1. The molecule has 48 heavy (non-hydrogen) atoms. The van der Waals surface area contributed by atoms with Crippen LogP contribution in [0, 0.1) is 0 Å². The van der Waals surface area contributed by atoms with Gasteiger partial charge in [-0.3, -0.25) is 9.59 Å². The molecule has 10 nitrogen and oxygen atoms in total. The second-order valence-electron chi connectivity index (χ2n) is 12.9. The van der Waals surface area contributed by atoms with Crippen LogP contribution in [0.3, 0.4) is 0 Å². The Labute approximate surface area is 281 Å². The molecule has 7 rings (SSSR count). The lowest BCUT2D eigenvalue weighted by Crippen LogP contribution is -2.56. The van der Waals surface area contributed by atoms with Crippen LogP contribution in [0.25, 0.3) is 0 Å². The lowest BCUT2D eigenvalue weighted by molar-refractivity contribution is -0.118. The first-order valence-corrected chi connectivity index (χ1v) is 17.6. The zero-order valence-electron chi connectivity index (χ0n) is 25.8. The summed E-state index contributed by atoms with van der Waals surface area (Å²) in [6.45, 7) is -1.36. The third-order valence-electron chi connectivity index (χ3n) is 8.81. The predicted octanol–water partition coefficient (Wildman–Crippen LogP) is 5.24. The lowest BCUT2D eigenvalue weighted by Gasteiger charge is -2.38. The number of hydrogen-bond acceptors (Lipinski definition) is 12. The molecule has 4 aromatic rings. The van der Waals surface area contributed by atoms with Crippen molar-refractivity contribution in [2.75, 3.05) is 36.0 Å². The van der Waals surface area contributed by atoms with Crippen molar-refractivity contribution in [3.63, 3.8) is 0 Å². The smallest absolute Gasteiger partial charge is 0.282 e. The molecular formula is C32H32F4N8O2S2. The number of carbonyl (C=O) groups is 2. The summed E-state index contributed by atoms with van der Waals surface area (Å²) in [6.07, 6.45) is 4.22. The van der Waals surface area contributed by atoms with E-state index in [1.165, 1.54) is 32.5 Å². The van der Waals surface area contributed by atoms with Crippen LogP contribution in [0.15, 0.2) is 35.0 Å². The highest BCUT2D eigenvalue weighted by Gasteiger charge is 2.46. The Kier molecular flexibility index (Phi) is 8.96. The van der Waals surface area contributed by atoms with Gasteiger partial charge in [0.2, 0.25) is 0 Å². The van der Waals surface area contributed by atoms with Crippen LogP contribution in [0.4, 0.5) is 27.8 Å². The molecule has 0 spiro atoms. The Morgan fingerprint density at radius 2 is 1.06 bits per heavy atom. The molecule has 0 bridgehead atoms. The number of rotatable bonds is 12. The van der Waals surface area contributed by atoms with Crippen LogP contribution in [0.5, 0.6) is 0 Å². The molecule has 2 saturated heterocycles. The van der Waals surface area contributed by atoms with E-state index in [1.807, 2.05) is 24.3 Å². The fourth-order valence-corrected chi connectivity index (χ4v) is 8.02. The topological polar surface area (TPSA) is 118 Å². The minimum atomic E-state index is -2.67. The van der Waals surface area contributed by atoms with E-state index in [-0.39, 0.29) is 75.3 Å². The van der Waals surface area contributed by atoms with Gasteiger partial charge in [-0.2, -0.15) is 20.4 Å². The van der Waals surface area contributed by atoms with Crippen molar-refractivity contribution in [1.82, 2.24) is 30.4 Å². The molecule has 3 fully saturated rings. The summed E-state index contributed by atoms with van der Waals surface area (Å²) in [4.78, 5) is 37.0. The van der Waals surface area contributed by atoms with Gasteiger partial charge in [-0.05, 0) is 43.5 Å². The second-order valence-corrected chi connectivity index (χ2v) is 14.6. The largest absolute Gasteiger partial charge is 0.336 e. The van der Waals surface area contributed by atoms with E-state index in [0.717, 1.165) is 37.1 Å². The molecule has 6 heterocycles.